The van der Waals surface area contributed by atoms with Gasteiger partial charge >= 0.3 is 11.9 Å². The van der Waals surface area contributed by atoms with Crippen LogP contribution in [-0.2, 0) is 9.78 Å². The van der Waals surface area contributed by atoms with Gasteiger partial charge in [0.05, 0.1) is 11.1 Å². The van der Waals surface area contributed by atoms with Crippen LogP contribution < -0.4 is 0 Å². The van der Waals surface area contributed by atoms with Crippen LogP contribution in [0.25, 0.3) is 11.1 Å². The lowest BCUT2D eigenvalue weighted by molar-refractivity contribution is -0.187. The molecule has 124 valence electrons. The SMILES string of the molecule is O=C(OOC(=O)c1cccc(Cl)c1)c1ccc(-c2ccccc2)cc1. The lowest BCUT2D eigenvalue weighted by Gasteiger charge is -2.05. The number of halogens is 1. The third-order valence-corrected chi connectivity index (χ3v) is 3.72. The highest BCUT2D eigenvalue weighted by molar-refractivity contribution is 6.30. The largest absolute Gasteiger partial charge is 0.386 e. The predicted octanol–water partition coefficient (Wildman–Crippen LogP) is 4.94. The lowest BCUT2D eigenvalue weighted by atomic mass is 10.0. The Kier molecular flexibility index (Phi) is 5.11. The molecule has 0 aromatic heterocycles. The van der Waals surface area contributed by atoms with Crippen molar-refractivity contribution in [1.29, 1.82) is 0 Å². The molecule has 0 aliphatic carbocycles. The molecule has 0 N–H and O–H groups in total. The average molecular weight is 353 g/mol. The molecule has 0 saturated heterocycles. The predicted molar refractivity (Wildman–Crippen MR) is 94.2 cm³/mol. The Balaban J connectivity index is 1.63. The van der Waals surface area contributed by atoms with E-state index in [2.05, 4.69) is 9.78 Å². The molecule has 0 amide bonds. The molecule has 0 radical (unpaired) electrons. The van der Waals surface area contributed by atoms with Gasteiger partial charge in [0, 0.05) is 5.02 Å². The van der Waals surface area contributed by atoms with Gasteiger partial charge < -0.3 is 0 Å². The van der Waals surface area contributed by atoms with Crippen molar-refractivity contribution < 1.29 is 19.4 Å². The van der Waals surface area contributed by atoms with Gasteiger partial charge in [0.15, 0.2) is 0 Å². The van der Waals surface area contributed by atoms with E-state index >= 15 is 0 Å². The molecule has 4 nitrogen and oxygen atoms in total. The number of hydrogen-bond donors (Lipinski definition) is 0. The van der Waals surface area contributed by atoms with E-state index < -0.39 is 11.9 Å². The van der Waals surface area contributed by atoms with E-state index in [-0.39, 0.29) is 11.1 Å². The zero-order chi connectivity index (χ0) is 17.6. The van der Waals surface area contributed by atoms with Gasteiger partial charge in [-0.1, -0.05) is 60.1 Å². The van der Waals surface area contributed by atoms with Crippen molar-refractivity contribution in [3.8, 4) is 11.1 Å². The number of hydrogen-bond acceptors (Lipinski definition) is 4. The standard InChI is InChI=1S/C20H13ClO4/c21-18-8-4-7-17(13-18)20(23)25-24-19(22)16-11-9-15(10-12-16)14-5-2-1-3-6-14/h1-13H. The van der Waals surface area contributed by atoms with E-state index in [1.807, 2.05) is 30.3 Å². The molecule has 0 spiro atoms. The van der Waals surface area contributed by atoms with Crippen molar-refractivity contribution in [2.45, 2.75) is 0 Å². The van der Waals surface area contributed by atoms with Gasteiger partial charge in [-0.25, -0.2) is 19.4 Å². The second-order valence-electron chi connectivity index (χ2n) is 5.20. The Morgan fingerprint density at radius 2 is 1.24 bits per heavy atom. The molecular formula is C20H13ClO4. The Morgan fingerprint density at radius 3 is 1.88 bits per heavy atom. The van der Waals surface area contributed by atoms with Crippen molar-refractivity contribution in [3.05, 3.63) is 95.0 Å². The highest BCUT2D eigenvalue weighted by Gasteiger charge is 2.14. The molecule has 3 rings (SSSR count). The minimum Gasteiger partial charge on any atom is -0.242 e. The van der Waals surface area contributed by atoms with E-state index in [0.717, 1.165) is 11.1 Å². The second-order valence-corrected chi connectivity index (χ2v) is 5.63. The minimum atomic E-state index is -0.795. The van der Waals surface area contributed by atoms with E-state index in [4.69, 9.17) is 11.6 Å². The van der Waals surface area contributed by atoms with Gasteiger partial charge in [-0.15, -0.1) is 0 Å². The van der Waals surface area contributed by atoms with E-state index in [1.165, 1.54) is 12.1 Å². The Labute approximate surface area is 149 Å². The van der Waals surface area contributed by atoms with Crippen LogP contribution >= 0.6 is 11.6 Å². The Bertz CT molecular complexity index is 889. The Morgan fingerprint density at radius 1 is 0.640 bits per heavy atom. The molecule has 5 heteroatoms. The zero-order valence-electron chi connectivity index (χ0n) is 13.0. The molecule has 0 atom stereocenters. The first-order valence-electron chi connectivity index (χ1n) is 7.48. The summed E-state index contributed by atoms with van der Waals surface area (Å²) in [7, 11) is 0. The molecule has 0 bridgehead atoms. The summed E-state index contributed by atoms with van der Waals surface area (Å²) in [5.41, 5.74) is 2.47. The number of carbonyl (C=O) groups excluding carboxylic acids is 2. The molecule has 0 fully saturated rings. The summed E-state index contributed by atoms with van der Waals surface area (Å²) < 4.78 is 0. The third kappa shape index (κ3) is 4.25. The molecule has 0 aliphatic rings. The quantitative estimate of drug-likeness (QED) is 0.495. The highest BCUT2D eigenvalue weighted by Crippen LogP contribution is 2.19. The fourth-order valence-corrected chi connectivity index (χ4v) is 2.41. The van der Waals surface area contributed by atoms with Crippen molar-refractivity contribution >= 4 is 23.5 Å². The van der Waals surface area contributed by atoms with Crippen LogP contribution in [0.15, 0.2) is 78.9 Å². The first-order valence-corrected chi connectivity index (χ1v) is 7.85. The van der Waals surface area contributed by atoms with Gasteiger partial charge in [0.25, 0.3) is 0 Å². The smallest absolute Gasteiger partial charge is 0.242 e. The summed E-state index contributed by atoms with van der Waals surface area (Å²) in [6.45, 7) is 0. The summed E-state index contributed by atoms with van der Waals surface area (Å²) in [5, 5.41) is 0.386. The van der Waals surface area contributed by atoms with Crippen molar-refractivity contribution in [2.24, 2.45) is 0 Å². The number of carbonyl (C=O) groups is 2. The maximum atomic E-state index is 12.0. The molecular weight excluding hydrogens is 340 g/mol. The molecule has 25 heavy (non-hydrogen) atoms. The van der Waals surface area contributed by atoms with Crippen LogP contribution in [0.5, 0.6) is 0 Å². The van der Waals surface area contributed by atoms with Gasteiger partial charge in [0.2, 0.25) is 0 Å². The fraction of sp³-hybridized carbons (Fsp3) is 0. The summed E-state index contributed by atoms with van der Waals surface area (Å²) in [6, 6.07) is 22.7. The maximum Gasteiger partial charge on any atom is 0.386 e. The third-order valence-electron chi connectivity index (χ3n) is 3.48. The van der Waals surface area contributed by atoms with Gasteiger partial charge in [-0.2, -0.15) is 0 Å². The molecule has 3 aromatic rings. The van der Waals surface area contributed by atoms with Gasteiger partial charge in [-0.05, 0) is 41.5 Å². The zero-order valence-corrected chi connectivity index (χ0v) is 13.8. The topological polar surface area (TPSA) is 52.6 Å². The first kappa shape index (κ1) is 16.7. The summed E-state index contributed by atoms with van der Waals surface area (Å²) in [5.74, 6) is -1.55. The molecule has 0 aliphatic heterocycles. The highest BCUT2D eigenvalue weighted by atomic mass is 35.5. The molecule has 0 saturated carbocycles. The first-order chi connectivity index (χ1) is 12.1. The minimum absolute atomic E-state index is 0.194. The monoisotopic (exact) mass is 352 g/mol. The van der Waals surface area contributed by atoms with Crippen molar-refractivity contribution in [1.82, 2.24) is 0 Å². The molecule has 0 heterocycles. The van der Waals surface area contributed by atoms with Crippen LogP contribution in [0.3, 0.4) is 0 Å². The Hall–Kier alpha value is -3.11. The maximum absolute atomic E-state index is 12.0. The van der Waals surface area contributed by atoms with Gasteiger partial charge in [0.1, 0.15) is 0 Å². The number of benzene rings is 3. The fourth-order valence-electron chi connectivity index (χ4n) is 2.22. The summed E-state index contributed by atoms with van der Waals surface area (Å²) in [4.78, 5) is 32.9. The summed E-state index contributed by atoms with van der Waals surface area (Å²) in [6.07, 6.45) is 0. The lowest BCUT2D eigenvalue weighted by Crippen LogP contribution is -2.11. The normalized spacial score (nSPS) is 10.1. The van der Waals surface area contributed by atoms with Crippen LogP contribution in [0, 0.1) is 0 Å². The molecule has 0 unspecified atom stereocenters. The average Bonchev–Trinajstić information content (AvgIpc) is 2.66. The van der Waals surface area contributed by atoms with Crippen molar-refractivity contribution in [3.63, 3.8) is 0 Å². The number of rotatable bonds is 3. The molecule has 3 aromatic carbocycles. The van der Waals surface area contributed by atoms with Crippen molar-refractivity contribution in [2.75, 3.05) is 0 Å². The van der Waals surface area contributed by atoms with E-state index in [0.29, 0.717) is 5.02 Å². The summed E-state index contributed by atoms with van der Waals surface area (Å²) >= 11 is 5.80. The second kappa shape index (κ2) is 7.64. The van der Waals surface area contributed by atoms with Crippen LogP contribution in [0.4, 0.5) is 0 Å². The van der Waals surface area contributed by atoms with E-state index in [9.17, 15) is 9.59 Å². The van der Waals surface area contributed by atoms with Crippen LogP contribution in [0.1, 0.15) is 20.7 Å². The van der Waals surface area contributed by atoms with Crippen LogP contribution in [-0.4, -0.2) is 11.9 Å². The van der Waals surface area contributed by atoms with Crippen LogP contribution in [0.2, 0.25) is 5.02 Å². The van der Waals surface area contributed by atoms with Gasteiger partial charge in [-0.3, -0.25) is 0 Å². The van der Waals surface area contributed by atoms with E-state index in [1.54, 1.807) is 36.4 Å².